The molecule has 0 spiro atoms. The molecule has 1 N–H and O–H groups in total. The molecule has 2 amide bonds. The molecule has 7 atom stereocenters. The van der Waals surface area contributed by atoms with Crippen LogP contribution < -0.4 is 5.32 Å². The lowest BCUT2D eigenvalue weighted by molar-refractivity contribution is -0.128. The Balaban J connectivity index is 1.29. The Labute approximate surface area is 231 Å². The van der Waals surface area contributed by atoms with Gasteiger partial charge in [-0.15, -0.1) is 11.3 Å². The third-order valence-corrected chi connectivity index (χ3v) is 9.08. The molecule has 3 aliphatic rings. The highest BCUT2D eigenvalue weighted by Gasteiger charge is 2.71. The fourth-order valence-electron chi connectivity index (χ4n) is 6.53. The van der Waals surface area contributed by atoms with Gasteiger partial charge >= 0.3 is 12.1 Å². The van der Waals surface area contributed by atoms with Crippen LogP contribution in [0.1, 0.15) is 49.4 Å². The summed E-state index contributed by atoms with van der Waals surface area (Å²) in [4.78, 5) is 40.4. The van der Waals surface area contributed by atoms with E-state index < -0.39 is 41.5 Å². The number of piperidine rings is 1. The van der Waals surface area contributed by atoms with Gasteiger partial charge in [0.1, 0.15) is 28.4 Å². The van der Waals surface area contributed by atoms with Crippen molar-refractivity contribution in [3.05, 3.63) is 45.9 Å². The van der Waals surface area contributed by atoms with Gasteiger partial charge in [0.25, 0.3) is 0 Å². The molecule has 1 aromatic heterocycles. The summed E-state index contributed by atoms with van der Waals surface area (Å²) in [7, 11) is 1.30. The first kappa shape index (κ1) is 27.1. The Morgan fingerprint density at radius 1 is 1.23 bits per heavy atom. The highest BCUT2D eigenvalue weighted by atomic mass is 32.1. The molecule has 206 valence electrons. The first-order valence-electron chi connectivity index (χ1n) is 13.1. The molecule has 2 heterocycles. The number of fused-ring (bicyclic) bond motifs is 5. The standard InChI is InChI=1S/C29H32FN3O5S/c1-14-23-19-11-21(24(14)23)33(28(36)38-29(2,3)4)25(19)26(34)32-18(12-31)8-16-7-6-15(9-20(16)30)17-10-22(39-13-17)27(35)37-5/h6-7,9-10,13-14,18-19,21,23-25H,8,11H2,1-5H3,(H,32,34)/t14?,18-,19+,21-,23?,24?,25-/m0/s1. The molecule has 3 fully saturated rings. The second-order valence-corrected chi connectivity index (χ2v) is 12.6. The van der Waals surface area contributed by atoms with Crippen molar-refractivity contribution >= 4 is 29.3 Å². The summed E-state index contributed by atoms with van der Waals surface area (Å²) in [6, 6.07) is 6.64. The van der Waals surface area contributed by atoms with Gasteiger partial charge in [-0.2, -0.15) is 5.26 Å². The number of carbonyl (C=O) groups excluding carboxylic acids is 3. The Morgan fingerprint density at radius 3 is 2.62 bits per heavy atom. The Bertz CT molecular complexity index is 1360. The minimum Gasteiger partial charge on any atom is -0.465 e. The number of ether oxygens (including phenoxy) is 2. The zero-order valence-electron chi connectivity index (χ0n) is 22.6. The number of esters is 1. The van der Waals surface area contributed by atoms with E-state index in [9.17, 15) is 19.6 Å². The van der Waals surface area contributed by atoms with Gasteiger partial charge in [-0.3, -0.25) is 9.69 Å². The SMILES string of the molecule is COC(=O)c1cc(-c2ccc(C[C@@H](C#N)NC(=O)[C@@H]3[C@@H]4C[C@@H](C5C(C)C54)N3C(=O)OC(C)(C)C)c(F)c2)cs1. The lowest BCUT2D eigenvalue weighted by Gasteiger charge is -2.35. The number of halogens is 1. The van der Waals surface area contributed by atoms with Gasteiger partial charge in [0.05, 0.1) is 13.2 Å². The first-order valence-corrected chi connectivity index (χ1v) is 14.0. The number of methoxy groups -OCH3 is 1. The molecule has 2 saturated carbocycles. The average Bonchev–Trinajstić information content (AvgIpc) is 3.28. The normalized spacial score (nSPS) is 27.4. The molecule has 1 aliphatic heterocycles. The van der Waals surface area contributed by atoms with Crippen LogP contribution in [-0.2, 0) is 20.7 Å². The van der Waals surface area contributed by atoms with E-state index >= 15 is 4.39 Å². The molecule has 2 bridgehead atoms. The highest BCUT2D eigenvalue weighted by molar-refractivity contribution is 7.12. The number of benzene rings is 1. The molecule has 10 heteroatoms. The maximum Gasteiger partial charge on any atom is 0.411 e. The van der Waals surface area contributed by atoms with Crippen LogP contribution in [0.15, 0.2) is 29.6 Å². The van der Waals surface area contributed by atoms with Crippen molar-refractivity contribution < 1.29 is 28.2 Å². The summed E-state index contributed by atoms with van der Waals surface area (Å²) >= 11 is 1.21. The van der Waals surface area contributed by atoms with E-state index in [0.717, 1.165) is 6.42 Å². The van der Waals surface area contributed by atoms with Crippen molar-refractivity contribution in [2.24, 2.45) is 23.7 Å². The second-order valence-electron chi connectivity index (χ2n) is 11.7. The zero-order valence-corrected chi connectivity index (χ0v) is 23.4. The van der Waals surface area contributed by atoms with Crippen molar-refractivity contribution in [3.63, 3.8) is 0 Å². The predicted molar refractivity (Wildman–Crippen MR) is 142 cm³/mol. The minimum atomic E-state index is -0.975. The van der Waals surface area contributed by atoms with Crippen LogP contribution in [0.25, 0.3) is 11.1 Å². The van der Waals surface area contributed by atoms with Crippen molar-refractivity contribution in [2.75, 3.05) is 7.11 Å². The van der Waals surface area contributed by atoms with Gasteiger partial charge in [0.2, 0.25) is 5.91 Å². The van der Waals surface area contributed by atoms with Crippen LogP contribution in [0.5, 0.6) is 0 Å². The minimum absolute atomic E-state index is 0.0263. The fourth-order valence-corrected chi connectivity index (χ4v) is 7.36. The highest BCUT2D eigenvalue weighted by Crippen LogP contribution is 2.67. The van der Waals surface area contributed by atoms with E-state index in [-0.39, 0.29) is 23.9 Å². The second kappa shape index (κ2) is 9.94. The number of thiophene rings is 1. The van der Waals surface area contributed by atoms with E-state index in [4.69, 9.17) is 9.47 Å². The zero-order chi connectivity index (χ0) is 28.2. The number of nitrogens with zero attached hydrogens (tertiary/aromatic N) is 2. The molecular weight excluding hydrogens is 521 g/mol. The van der Waals surface area contributed by atoms with Crippen LogP contribution in [0.3, 0.4) is 0 Å². The third-order valence-electron chi connectivity index (χ3n) is 8.17. The fraction of sp³-hybridized carbons (Fsp3) is 0.517. The van der Waals surface area contributed by atoms with Crippen molar-refractivity contribution in [3.8, 4) is 17.2 Å². The molecular formula is C29H32FN3O5S. The Hall–Kier alpha value is -3.45. The van der Waals surface area contributed by atoms with E-state index in [1.165, 1.54) is 24.5 Å². The van der Waals surface area contributed by atoms with E-state index in [0.29, 0.717) is 33.8 Å². The van der Waals surface area contributed by atoms with Crippen molar-refractivity contribution in [2.45, 2.75) is 64.3 Å². The Kier molecular flexibility index (Phi) is 6.91. The number of hydrogen-bond acceptors (Lipinski definition) is 7. The molecule has 1 aromatic carbocycles. The summed E-state index contributed by atoms with van der Waals surface area (Å²) in [5, 5.41) is 14.3. The molecule has 0 radical (unpaired) electrons. The topological polar surface area (TPSA) is 109 Å². The first-order chi connectivity index (χ1) is 18.4. The average molecular weight is 554 g/mol. The summed E-state index contributed by atoms with van der Waals surface area (Å²) in [5.41, 5.74) is 0.851. The van der Waals surface area contributed by atoms with Crippen LogP contribution in [0.4, 0.5) is 9.18 Å². The molecule has 2 aromatic rings. The lowest BCUT2D eigenvalue weighted by atomic mass is 9.94. The number of nitrogens with one attached hydrogen (secondary N) is 1. The van der Waals surface area contributed by atoms with E-state index in [1.54, 1.807) is 49.3 Å². The molecule has 5 rings (SSSR count). The van der Waals surface area contributed by atoms with Gasteiger partial charge in [0.15, 0.2) is 0 Å². The maximum atomic E-state index is 15.1. The van der Waals surface area contributed by atoms with Crippen LogP contribution >= 0.6 is 11.3 Å². The lowest BCUT2D eigenvalue weighted by Crippen LogP contribution is -2.56. The van der Waals surface area contributed by atoms with Gasteiger partial charge in [-0.05, 0) is 85.1 Å². The maximum absolute atomic E-state index is 15.1. The van der Waals surface area contributed by atoms with Crippen molar-refractivity contribution in [1.82, 2.24) is 10.2 Å². The van der Waals surface area contributed by atoms with Gasteiger partial charge < -0.3 is 14.8 Å². The summed E-state index contributed by atoms with van der Waals surface area (Å²) in [6.45, 7) is 7.52. The largest absolute Gasteiger partial charge is 0.465 e. The number of nitriles is 1. The molecule has 3 unspecified atom stereocenters. The summed E-state index contributed by atoms with van der Waals surface area (Å²) in [5.74, 6) is -0.116. The smallest absolute Gasteiger partial charge is 0.411 e. The number of carbonyl (C=O) groups is 3. The third kappa shape index (κ3) is 5.00. The molecule has 39 heavy (non-hydrogen) atoms. The number of hydrogen-bond donors (Lipinski definition) is 1. The monoisotopic (exact) mass is 553 g/mol. The number of rotatable bonds is 6. The summed E-state index contributed by atoms with van der Waals surface area (Å²) < 4.78 is 25.4. The summed E-state index contributed by atoms with van der Waals surface area (Å²) in [6.07, 6.45) is 0.220. The van der Waals surface area contributed by atoms with Gasteiger partial charge in [-0.25, -0.2) is 14.0 Å². The number of likely N-dealkylation sites (tertiary alicyclic amines) is 1. The van der Waals surface area contributed by atoms with Gasteiger partial charge in [-0.1, -0.05) is 19.1 Å². The van der Waals surface area contributed by atoms with Crippen LogP contribution in [-0.4, -0.2) is 53.7 Å². The molecule has 1 saturated heterocycles. The van der Waals surface area contributed by atoms with Crippen LogP contribution in [0.2, 0.25) is 0 Å². The predicted octanol–water partition coefficient (Wildman–Crippen LogP) is 4.78. The Morgan fingerprint density at radius 2 is 1.97 bits per heavy atom. The van der Waals surface area contributed by atoms with E-state index in [1.807, 2.05) is 0 Å². The van der Waals surface area contributed by atoms with Gasteiger partial charge in [0, 0.05) is 12.5 Å². The quantitative estimate of drug-likeness (QED) is 0.516. The van der Waals surface area contributed by atoms with Crippen molar-refractivity contribution in [1.29, 1.82) is 5.26 Å². The molecule has 2 aliphatic carbocycles. The van der Waals surface area contributed by atoms with Crippen LogP contribution in [0, 0.1) is 40.8 Å². The number of amides is 2. The molecule has 8 nitrogen and oxygen atoms in total. The van der Waals surface area contributed by atoms with E-state index in [2.05, 4.69) is 18.3 Å².